The van der Waals surface area contributed by atoms with Crippen LogP contribution in [0, 0.1) is 35.5 Å². The molecular formula is C17H26O. The van der Waals surface area contributed by atoms with Crippen molar-refractivity contribution in [3.05, 3.63) is 0 Å². The van der Waals surface area contributed by atoms with Crippen LogP contribution in [0.25, 0.3) is 0 Å². The van der Waals surface area contributed by atoms with Crippen molar-refractivity contribution < 1.29 is 4.79 Å². The van der Waals surface area contributed by atoms with E-state index in [4.69, 9.17) is 0 Å². The van der Waals surface area contributed by atoms with Crippen LogP contribution in [0.4, 0.5) is 0 Å². The Morgan fingerprint density at radius 1 is 0.667 bits per heavy atom. The summed E-state index contributed by atoms with van der Waals surface area (Å²) in [5.41, 5.74) is 0. The van der Waals surface area contributed by atoms with Crippen molar-refractivity contribution in [3.8, 4) is 0 Å². The summed E-state index contributed by atoms with van der Waals surface area (Å²) in [6.45, 7) is 0. The Labute approximate surface area is 111 Å². The molecule has 1 heteroatoms. The molecule has 4 rings (SSSR count). The first-order chi connectivity index (χ1) is 8.84. The minimum atomic E-state index is 0.492. The molecule has 6 atom stereocenters. The Hall–Kier alpha value is -0.330. The Morgan fingerprint density at radius 3 is 2.39 bits per heavy atom. The lowest BCUT2D eigenvalue weighted by Gasteiger charge is -2.51. The van der Waals surface area contributed by atoms with Crippen molar-refractivity contribution in [1.82, 2.24) is 0 Å². The molecule has 0 heterocycles. The molecule has 0 amide bonds. The molecule has 4 aliphatic carbocycles. The predicted octanol–water partition coefficient (Wildman–Crippen LogP) is 4.21. The van der Waals surface area contributed by atoms with E-state index >= 15 is 0 Å². The molecule has 0 spiro atoms. The summed E-state index contributed by atoms with van der Waals surface area (Å²) in [5, 5.41) is 0. The molecule has 100 valence electrons. The molecule has 1 nitrogen and oxygen atoms in total. The molecule has 0 saturated heterocycles. The number of hydrogen-bond donors (Lipinski definition) is 0. The first-order valence-electron chi connectivity index (χ1n) is 8.37. The lowest BCUT2D eigenvalue weighted by molar-refractivity contribution is -0.124. The Balaban J connectivity index is 1.57. The number of rotatable bonds is 0. The standard InChI is InChI=1S/C17H26O/c18-17-10-9-15-14-6-5-11-3-1-2-4-12(11)13(14)7-8-16(15)17/h11-16H,1-10H2. The van der Waals surface area contributed by atoms with Crippen LogP contribution in [0.5, 0.6) is 0 Å². The smallest absolute Gasteiger partial charge is 0.136 e. The quantitative estimate of drug-likeness (QED) is 0.626. The second kappa shape index (κ2) is 4.35. The van der Waals surface area contributed by atoms with Gasteiger partial charge in [-0.2, -0.15) is 0 Å². The summed E-state index contributed by atoms with van der Waals surface area (Å²) >= 11 is 0. The lowest BCUT2D eigenvalue weighted by Crippen LogP contribution is -2.44. The second-order valence-corrected chi connectivity index (χ2v) is 7.47. The van der Waals surface area contributed by atoms with Crippen LogP contribution in [0.3, 0.4) is 0 Å². The molecule has 0 aliphatic heterocycles. The minimum absolute atomic E-state index is 0.492. The third-order valence-electron chi connectivity index (χ3n) is 6.95. The van der Waals surface area contributed by atoms with Gasteiger partial charge in [-0.1, -0.05) is 19.3 Å². The average molecular weight is 246 g/mol. The predicted molar refractivity (Wildman–Crippen MR) is 72.1 cm³/mol. The maximum absolute atomic E-state index is 12.0. The molecule has 4 aliphatic rings. The van der Waals surface area contributed by atoms with Gasteiger partial charge in [-0.25, -0.2) is 0 Å². The van der Waals surface area contributed by atoms with Crippen LogP contribution in [0.2, 0.25) is 0 Å². The topological polar surface area (TPSA) is 17.1 Å². The molecule has 4 fully saturated rings. The van der Waals surface area contributed by atoms with Crippen molar-refractivity contribution in [3.63, 3.8) is 0 Å². The normalized spacial score (nSPS) is 51.4. The van der Waals surface area contributed by atoms with Gasteiger partial charge in [0, 0.05) is 12.3 Å². The summed E-state index contributed by atoms with van der Waals surface area (Å²) in [6.07, 6.45) is 13.7. The van der Waals surface area contributed by atoms with Crippen molar-refractivity contribution >= 4 is 5.78 Å². The zero-order valence-corrected chi connectivity index (χ0v) is 11.4. The fourth-order valence-electron chi connectivity index (χ4n) is 6.25. The number of Topliss-reactive ketones (excluding diaryl/α,β-unsaturated/α-hetero) is 1. The summed E-state index contributed by atoms with van der Waals surface area (Å²) in [6, 6.07) is 0. The van der Waals surface area contributed by atoms with Gasteiger partial charge in [0.1, 0.15) is 5.78 Å². The second-order valence-electron chi connectivity index (χ2n) is 7.47. The van der Waals surface area contributed by atoms with E-state index < -0.39 is 0 Å². The lowest BCUT2D eigenvalue weighted by atomic mass is 9.54. The highest BCUT2D eigenvalue weighted by Gasteiger charge is 2.50. The number of carbonyl (C=O) groups is 1. The fourth-order valence-corrected chi connectivity index (χ4v) is 6.25. The maximum atomic E-state index is 12.0. The molecule has 4 saturated carbocycles. The first-order valence-corrected chi connectivity index (χ1v) is 8.37. The van der Waals surface area contributed by atoms with Crippen LogP contribution < -0.4 is 0 Å². The van der Waals surface area contributed by atoms with Gasteiger partial charge in [0.05, 0.1) is 0 Å². The van der Waals surface area contributed by atoms with Gasteiger partial charge in [0.25, 0.3) is 0 Å². The van der Waals surface area contributed by atoms with Crippen LogP contribution in [-0.2, 0) is 4.79 Å². The molecule has 0 radical (unpaired) electrons. The summed E-state index contributed by atoms with van der Waals surface area (Å²) in [4.78, 5) is 12.0. The van der Waals surface area contributed by atoms with Crippen LogP contribution >= 0.6 is 0 Å². The van der Waals surface area contributed by atoms with Gasteiger partial charge in [-0.05, 0) is 68.1 Å². The molecule has 0 N–H and O–H groups in total. The summed E-state index contributed by atoms with van der Waals surface area (Å²) in [7, 11) is 0. The number of fused-ring (bicyclic) bond motifs is 5. The first kappa shape index (κ1) is 11.5. The van der Waals surface area contributed by atoms with E-state index in [9.17, 15) is 4.79 Å². The average Bonchev–Trinajstić information content (AvgIpc) is 2.80. The van der Waals surface area contributed by atoms with Gasteiger partial charge >= 0.3 is 0 Å². The Morgan fingerprint density at radius 2 is 1.44 bits per heavy atom. The molecule has 0 aromatic heterocycles. The monoisotopic (exact) mass is 246 g/mol. The number of hydrogen-bond acceptors (Lipinski definition) is 1. The van der Waals surface area contributed by atoms with Gasteiger partial charge in [0.2, 0.25) is 0 Å². The van der Waals surface area contributed by atoms with Crippen LogP contribution in [0.15, 0.2) is 0 Å². The third kappa shape index (κ3) is 1.62. The minimum Gasteiger partial charge on any atom is -0.299 e. The molecule has 0 bridgehead atoms. The zero-order chi connectivity index (χ0) is 12.1. The Kier molecular flexibility index (Phi) is 2.78. The molecule has 6 unspecified atom stereocenters. The van der Waals surface area contributed by atoms with Crippen molar-refractivity contribution in [2.24, 2.45) is 35.5 Å². The van der Waals surface area contributed by atoms with Gasteiger partial charge < -0.3 is 0 Å². The van der Waals surface area contributed by atoms with E-state index in [1.54, 1.807) is 0 Å². The highest BCUT2D eigenvalue weighted by atomic mass is 16.1. The van der Waals surface area contributed by atoms with Gasteiger partial charge in [-0.15, -0.1) is 0 Å². The third-order valence-corrected chi connectivity index (χ3v) is 6.95. The molecule has 0 aromatic rings. The van der Waals surface area contributed by atoms with Crippen LogP contribution in [-0.4, -0.2) is 5.78 Å². The van der Waals surface area contributed by atoms with E-state index in [0.717, 1.165) is 36.0 Å². The number of ketones is 1. The SMILES string of the molecule is O=C1CCC2C1CCC1C3CCCCC3CCC21. The zero-order valence-electron chi connectivity index (χ0n) is 11.4. The summed E-state index contributed by atoms with van der Waals surface area (Å²) < 4.78 is 0. The highest BCUT2D eigenvalue weighted by Crippen LogP contribution is 2.57. The van der Waals surface area contributed by atoms with Crippen molar-refractivity contribution in [2.75, 3.05) is 0 Å². The largest absolute Gasteiger partial charge is 0.299 e. The van der Waals surface area contributed by atoms with Gasteiger partial charge in [0.15, 0.2) is 0 Å². The van der Waals surface area contributed by atoms with E-state index in [1.807, 2.05) is 0 Å². The van der Waals surface area contributed by atoms with E-state index in [1.165, 1.54) is 57.8 Å². The molecular weight excluding hydrogens is 220 g/mol. The van der Waals surface area contributed by atoms with E-state index in [0.29, 0.717) is 11.7 Å². The van der Waals surface area contributed by atoms with E-state index in [2.05, 4.69) is 0 Å². The van der Waals surface area contributed by atoms with Crippen LogP contribution in [0.1, 0.15) is 64.2 Å². The molecule has 18 heavy (non-hydrogen) atoms. The number of carbonyl (C=O) groups excluding carboxylic acids is 1. The van der Waals surface area contributed by atoms with Gasteiger partial charge in [-0.3, -0.25) is 4.79 Å². The Bertz CT molecular complexity index is 348. The van der Waals surface area contributed by atoms with Crippen molar-refractivity contribution in [2.45, 2.75) is 64.2 Å². The summed E-state index contributed by atoms with van der Waals surface area (Å²) in [5.74, 6) is 5.98. The fraction of sp³-hybridized carbons (Fsp3) is 0.941. The van der Waals surface area contributed by atoms with Crippen molar-refractivity contribution in [1.29, 1.82) is 0 Å². The maximum Gasteiger partial charge on any atom is 0.136 e. The highest BCUT2D eigenvalue weighted by molar-refractivity contribution is 5.83. The van der Waals surface area contributed by atoms with E-state index in [-0.39, 0.29) is 0 Å². The molecule has 0 aromatic carbocycles.